The molecule has 0 aromatic heterocycles. The summed E-state index contributed by atoms with van der Waals surface area (Å²) in [7, 11) is 0. The summed E-state index contributed by atoms with van der Waals surface area (Å²) in [6.07, 6.45) is 1.19. The van der Waals surface area contributed by atoms with Crippen LogP contribution in [-0.4, -0.2) is 61.7 Å². The van der Waals surface area contributed by atoms with Gasteiger partial charge in [-0.25, -0.2) is 8.78 Å². The molecule has 0 radical (unpaired) electrons. The predicted molar refractivity (Wildman–Crippen MR) is 104 cm³/mol. The van der Waals surface area contributed by atoms with E-state index >= 15 is 0 Å². The van der Waals surface area contributed by atoms with Crippen molar-refractivity contribution in [3.8, 4) is 0 Å². The molecule has 2 aliphatic rings. The van der Waals surface area contributed by atoms with E-state index < -0.39 is 0 Å². The van der Waals surface area contributed by atoms with Crippen molar-refractivity contribution in [1.82, 2.24) is 15.1 Å². The molecule has 2 fully saturated rings. The molecule has 2 aromatic carbocycles. The van der Waals surface area contributed by atoms with Gasteiger partial charge in [-0.1, -0.05) is 24.3 Å². The van der Waals surface area contributed by atoms with Crippen LogP contribution in [0.25, 0.3) is 0 Å². The van der Waals surface area contributed by atoms with Crippen molar-refractivity contribution < 1.29 is 8.78 Å². The molecule has 1 atom stereocenters. The molecule has 5 heteroatoms. The summed E-state index contributed by atoms with van der Waals surface area (Å²) in [6.45, 7) is 7.41. The zero-order valence-electron chi connectivity index (χ0n) is 15.6. The van der Waals surface area contributed by atoms with Crippen molar-refractivity contribution in [2.45, 2.75) is 18.4 Å². The fourth-order valence-electron chi connectivity index (χ4n) is 4.38. The van der Waals surface area contributed by atoms with Crippen molar-refractivity contribution in [3.05, 3.63) is 71.3 Å². The number of nitrogens with zero attached hydrogens (tertiary/aromatic N) is 2. The van der Waals surface area contributed by atoms with Gasteiger partial charge in [-0.05, 0) is 48.4 Å². The van der Waals surface area contributed by atoms with E-state index in [4.69, 9.17) is 0 Å². The van der Waals surface area contributed by atoms with Crippen LogP contribution in [0.15, 0.2) is 48.5 Å². The van der Waals surface area contributed by atoms with E-state index in [0.717, 1.165) is 56.9 Å². The number of likely N-dealkylation sites (tertiary alicyclic amines) is 1. The van der Waals surface area contributed by atoms with Gasteiger partial charge >= 0.3 is 0 Å². The lowest BCUT2D eigenvalue weighted by atomic mass is 9.90. The molecular weight excluding hydrogens is 344 g/mol. The molecule has 3 nitrogen and oxygen atoms in total. The summed E-state index contributed by atoms with van der Waals surface area (Å²) in [4.78, 5) is 5.10. The molecule has 2 aromatic rings. The predicted octanol–water partition coefficient (Wildman–Crippen LogP) is 3.08. The van der Waals surface area contributed by atoms with E-state index in [0.29, 0.717) is 6.04 Å². The molecule has 2 saturated heterocycles. The molecule has 2 heterocycles. The summed E-state index contributed by atoms with van der Waals surface area (Å²) in [5.74, 6) is -0.332. The Morgan fingerprint density at radius 2 is 1.41 bits per heavy atom. The third kappa shape index (κ3) is 4.54. The Morgan fingerprint density at radius 3 is 1.96 bits per heavy atom. The van der Waals surface area contributed by atoms with Crippen molar-refractivity contribution in [2.24, 2.45) is 0 Å². The molecule has 0 saturated carbocycles. The summed E-state index contributed by atoms with van der Waals surface area (Å²) < 4.78 is 26.8. The SMILES string of the molecule is Fc1ccc(C(CN2CCC(N3CCNCC3)C2)c2ccc(F)cc2)cc1. The average molecular weight is 371 g/mol. The maximum atomic E-state index is 13.4. The minimum atomic E-state index is -0.225. The first-order chi connectivity index (χ1) is 13.2. The van der Waals surface area contributed by atoms with Gasteiger partial charge in [-0.15, -0.1) is 0 Å². The van der Waals surface area contributed by atoms with Gasteiger partial charge in [0.15, 0.2) is 0 Å². The average Bonchev–Trinajstić information content (AvgIpc) is 3.17. The minimum absolute atomic E-state index is 0.118. The standard InChI is InChI=1S/C22H27F2N3/c23-19-5-1-17(2-6-19)22(18-3-7-20(24)8-4-18)16-26-12-9-21(15-26)27-13-10-25-11-14-27/h1-8,21-22,25H,9-16H2. The summed E-state index contributed by atoms with van der Waals surface area (Å²) in [5, 5.41) is 3.42. The first kappa shape index (κ1) is 18.5. The zero-order chi connectivity index (χ0) is 18.6. The normalized spacial score (nSPS) is 21.8. The second kappa shape index (κ2) is 8.46. The number of hydrogen-bond acceptors (Lipinski definition) is 3. The largest absolute Gasteiger partial charge is 0.314 e. The van der Waals surface area contributed by atoms with E-state index in [-0.39, 0.29) is 17.6 Å². The van der Waals surface area contributed by atoms with Gasteiger partial charge in [-0.3, -0.25) is 4.90 Å². The highest BCUT2D eigenvalue weighted by atomic mass is 19.1. The minimum Gasteiger partial charge on any atom is -0.314 e. The van der Waals surface area contributed by atoms with Crippen LogP contribution in [0, 0.1) is 11.6 Å². The molecule has 2 aliphatic heterocycles. The van der Waals surface area contributed by atoms with Crippen LogP contribution in [-0.2, 0) is 0 Å². The number of piperazine rings is 1. The Morgan fingerprint density at radius 1 is 0.852 bits per heavy atom. The Kier molecular flexibility index (Phi) is 5.81. The highest BCUT2D eigenvalue weighted by Crippen LogP contribution is 2.28. The number of benzene rings is 2. The first-order valence-electron chi connectivity index (χ1n) is 9.87. The smallest absolute Gasteiger partial charge is 0.123 e. The summed E-state index contributed by atoms with van der Waals surface area (Å²) in [5.41, 5.74) is 2.15. The Hall–Kier alpha value is -1.82. The van der Waals surface area contributed by atoms with Crippen LogP contribution in [0.4, 0.5) is 8.78 Å². The Bertz CT molecular complexity index is 681. The number of nitrogens with one attached hydrogen (secondary N) is 1. The number of rotatable bonds is 5. The second-order valence-corrected chi connectivity index (χ2v) is 7.64. The summed E-state index contributed by atoms with van der Waals surface area (Å²) in [6, 6.07) is 14.1. The molecule has 0 spiro atoms. The first-order valence-corrected chi connectivity index (χ1v) is 9.87. The monoisotopic (exact) mass is 371 g/mol. The van der Waals surface area contributed by atoms with E-state index in [1.54, 1.807) is 0 Å². The maximum absolute atomic E-state index is 13.4. The van der Waals surface area contributed by atoms with Crippen LogP contribution in [0.3, 0.4) is 0 Å². The van der Waals surface area contributed by atoms with Crippen LogP contribution in [0.2, 0.25) is 0 Å². The van der Waals surface area contributed by atoms with Crippen molar-refractivity contribution >= 4 is 0 Å². The third-order valence-electron chi connectivity index (χ3n) is 5.90. The summed E-state index contributed by atoms with van der Waals surface area (Å²) >= 11 is 0. The van der Waals surface area contributed by atoms with Crippen LogP contribution < -0.4 is 5.32 Å². The van der Waals surface area contributed by atoms with Gasteiger partial charge in [0, 0.05) is 51.2 Å². The van der Waals surface area contributed by atoms with Crippen molar-refractivity contribution in [1.29, 1.82) is 0 Å². The van der Waals surface area contributed by atoms with Gasteiger partial charge in [0.05, 0.1) is 0 Å². The highest BCUT2D eigenvalue weighted by Gasteiger charge is 2.30. The highest BCUT2D eigenvalue weighted by molar-refractivity contribution is 5.33. The molecule has 4 rings (SSSR count). The molecule has 144 valence electrons. The Balaban J connectivity index is 1.49. The van der Waals surface area contributed by atoms with E-state index in [9.17, 15) is 8.78 Å². The van der Waals surface area contributed by atoms with Crippen LogP contribution in [0.5, 0.6) is 0 Å². The lowest BCUT2D eigenvalue weighted by Crippen LogP contribution is -2.49. The van der Waals surface area contributed by atoms with E-state index in [1.165, 1.54) is 30.7 Å². The zero-order valence-corrected chi connectivity index (χ0v) is 15.6. The van der Waals surface area contributed by atoms with Crippen LogP contribution >= 0.6 is 0 Å². The topological polar surface area (TPSA) is 18.5 Å². The molecule has 0 amide bonds. The molecule has 27 heavy (non-hydrogen) atoms. The van der Waals surface area contributed by atoms with Gasteiger partial charge in [-0.2, -0.15) is 0 Å². The van der Waals surface area contributed by atoms with E-state index in [1.807, 2.05) is 24.3 Å². The Labute approximate surface area is 160 Å². The maximum Gasteiger partial charge on any atom is 0.123 e. The third-order valence-corrected chi connectivity index (χ3v) is 5.90. The lowest BCUT2D eigenvalue weighted by Gasteiger charge is -2.33. The quantitative estimate of drug-likeness (QED) is 0.872. The van der Waals surface area contributed by atoms with Crippen LogP contribution in [0.1, 0.15) is 23.5 Å². The fourth-order valence-corrected chi connectivity index (χ4v) is 4.38. The van der Waals surface area contributed by atoms with Gasteiger partial charge in [0.2, 0.25) is 0 Å². The molecule has 0 aliphatic carbocycles. The van der Waals surface area contributed by atoms with Crippen molar-refractivity contribution in [2.75, 3.05) is 45.8 Å². The van der Waals surface area contributed by atoms with Gasteiger partial charge in [0.25, 0.3) is 0 Å². The molecule has 0 bridgehead atoms. The number of hydrogen-bond donors (Lipinski definition) is 1. The number of halogens is 2. The molecular formula is C22H27F2N3. The van der Waals surface area contributed by atoms with Gasteiger partial charge in [0.1, 0.15) is 11.6 Å². The lowest BCUT2D eigenvalue weighted by molar-refractivity contribution is 0.171. The van der Waals surface area contributed by atoms with Gasteiger partial charge < -0.3 is 10.2 Å². The van der Waals surface area contributed by atoms with Crippen molar-refractivity contribution in [3.63, 3.8) is 0 Å². The molecule has 1 N–H and O–H groups in total. The second-order valence-electron chi connectivity index (χ2n) is 7.64. The van der Waals surface area contributed by atoms with E-state index in [2.05, 4.69) is 15.1 Å². The fraction of sp³-hybridized carbons (Fsp3) is 0.455. The molecule has 1 unspecified atom stereocenters.